The number of piperidine rings is 1. The minimum atomic E-state index is 0.198. The van der Waals surface area contributed by atoms with Crippen LogP contribution >= 0.6 is 11.8 Å². The first-order chi connectivity index (χ1) is 13.1. The Morgan fingerprint density at radius 1 is 1.37 bits per heavy atom. The predicted molar refractivity (Wildman–Crippen MR) is 110 cm³/mol. The molecule has 1 amide bonds. The molecule has 3 heterocycles. The number of hydrogen-bond acceptors (Lipinski definition) is 4. The third kappa shape index (κ3) is 4.00. The average Bonchev–Trinajstić information content (AvgIpc) is 3.09. The van der Waals surface area contributed by atoms with Gasteiger partial charge >= 0.3 is 0 Å². The standard InChI is InChI=1S/C21H24N4OS/c1-14-7-8-17-18(11-14)24-20(23-17)16-6-3-9-22-21(16)27-13-19(26)25-10-4-5-15(2)12-25/h3,6-9,11,15H,4-5,10,12-13H2,1-2H3,(H,23,24)/t15-/m1/s1. The van der Waals surface area contributed by atoms with E-state index in [1.54, 1.807) is 6.20 Å². The monoisotopic (exact) mass is 380 g/mol. The number of nitrogens with zero attached hydrogens (tertiary/aromatic N) is 3. The molecule has 1 atom stereocenters. The van der Waals surface area contributed by atoms with E-state index in [0.29, 0.717) is 11.7 Å². The summed E-state index contributed by atoms with van der Waals surface area (Å²) in [5.74, 6) is 2.00. The number of H-pyrrole nitrogens is 1. The van der Waals surface area contributed by atoms with Crippen molar-refractivity contribution in [2.24, 2.45) is 5.92 Å². The van der Waals surface area contributed by atoms with Crippen LogP contribution in [0.25, 0.3) is 22.4 Å². The smallest absolute Gasteiger partial charge is 0.232 e. The van der Waals surface area contributed by atoms with Gasteiger partial charge in [-0.15, -0.1) is 0 Å². The lowest BCUT2D eigenvalue weighted by Crippen LogP contribution is -2.40. The number of carbonyl (C=O) groups is 1. The van der Waals surface area contributed by atoms with Gasteiger partial charge in [0.05, 0.1) is 16.8 Å². The molecule has 0 bridgehead atoms. The summed E-state index contributed by atoms with van der Waals surface area (Å²) in [4.78, 5) is 27.2. The zero-order chi connectivity index (χ0) is 18.8. The van der Waals surface area contributed by atoms with Gasteiger partial charge in [0.1, 0.15) is 10.9 Å². The molecule has 1 aliphatic rings. The van der Waals surface area contributed by atoms with Gasteiger partial charge in [-0.2, -0.15) is 0 Å². The second-order valence-corrected chi connectivity index (χ2v) is 8.30. The highest BCUT2D eigenvalue weighted by atomic mass is 32.2. The van der Waals surface area contributed by atoms with E-state index in [1.165, 1.54) is 23.7 Å². The minimum Gasteiger partial charge on any atom is -0.342 e. The van der Waals surface area contributed by atoms with Crippen molar-refractivity contribution in [1.82, 2.24) is 19.9 Å². The third-order valence-corrected chi connectivity index (χ3v) is 6.00. The van der Waals surface area contributed by atoms with Gasteiger partial charge < -0.3 is 9.88 Å². The van der Waals surface area contributed by atoms with Gasteiger partial charge in [0.15, 0.2) is 0 Å². The largest absolute Gasteiger partial charge is 0.342 e. The molecule has 5 nitrogen and oxygen atoms in total. The molecule has 0 aliphatic carbocycles. The highest BCUT2D eigenvalue weighted by Gasteiger charge is 2.21. The van der Waals surface area contributed by atoms with Crippen LogP contribution in [0.2, 0.25) is 0 Å². The van der Waals surface area contributed by atoms with Crippen molar-refractivity contribution in [3.63, 3.8) is 0 Å². The predicted octanol–water partition coefficient (Wildman–Crippen LogP) is 4.28. The summed E-state index contributed by atoms with van der Waals surface area (Å²) in [7, 11) is 0. The summed E-state index contributed by atoms with van der Waals surface area (Å²) in [6.07, 6.45) is 4.09. The number of imidazole rings is 1. The number of aromatic amines is 1. The molecule has 140 valence electrons. The average molecular weight is 381 g/mol. The number of nitrogens with one attached hydrogen (secondary N) is 1. The van der Waals surface area contributed by atoms with Crippen molar-refractivity contribution < 1.29 is 4.79 Å². The van der Waals surface area contributed by atoms with Crippen molar-refractivity contribution in [2.75, 3.05) is 18.8 Å². The Bertz CT molecular complexity index is 968. The Kier molecular flexibility index (Phi) is 5.16. The molecule has 1 fully saturated rings. The van der Waals surface area contributed by atoms with E-state index in [1.807, 2.05) is 23.1 Å². The molecule has 2 aromatic heterocycles. The van der Waals surface area contributed by atoms with E-state index < -0.39 is 0 Å². The van der Waals surface area contributed by atoms with Gasteiger partial charge in [-0.3, -0.25) is 4.79 Å². The van der Waals surface area contributed by atoms with Crippen LogP contribution in [0.3, 0.4) is 0 Å². The van der Waals surface area contributed by atoms with Crippen LogP contribution < -0.4 is 0 Å². The quantitative estimate of drug-likeness (QED) is 0.686. The zero-order valence-electron chi connectivity index (χ0n) is 15.7. The normalized spacial score (nSPS) is 17.4. The molecule has 1 aromatic carbocycles. The highest BCUT2D eigenvalue weighted by molar-refractivity contribution is 8.00. The molecule has 0 unspecified atom stereocenters. The Hall–Kier alpha value is -2.34. The van der Waals surface area contributed by atoms with Gasteiger partial charge in [0.2, 0.25) is 5.91 Å². The molecule has 6 heteroatoms. The number of pyridine rings is 1. The summed E-state index contributed by atoms with van der Waals surface area (Å²) in [6.45, 7) is 6.03. The van der Waals surface area contributed by atoms with Crippen LogP contribution in [-0.2, 0) is 4.79 Å². The number of rotatable bonds is 4. The number of likely N-dealkylation sites (tertiary alicyclic amines) is 1. The Labute approximate surface area is 163 Å². The van der Waals surface area contributed by atoms with Crippen LogP contribution in [0, 0.1) is 12.8 Å². The van der Waals surface area contributed by atoms with E-state index in [0.717, 1.165) is 47.0 Å². The highest BCUT2D eigenvalue weighted by Crippen LogP contribution is 2.30. The Morgan fingerprint density at radius 3 is 3.11 bits per heavy atom. The van der Waals surface area contributed by atoms with Crippen molar-refractivity contribution in [3.8, 4) is 11.4 Å². The van der Waals surface area contributed by atoms with Crippen molar-refractivity contribution >= 4 is 28.7 Å². The SMILES string of the molecule is Cc1ccc2nc(-c3cccnc3SCC(=O)N3CCC[C@@H](C)C3)[nH]c2c1. The fraction of sp³-hybridized carbons (Fsp3) is 0.381. The molecule has 27 heavy (non-hydrogen) atoms. The fourth-order valence-corrected chi connectivity index (χ4v) is 4.47. The number of aryl methyl sites for hydroxylation is 1. The summed E-state index contributed by atoms with van der Waals surface area (Å²) in [6, 6.07) is 10.1. The Balaban J connectivity index is 1.53. The van der Waals surface area contributed by atoms with E-state index in [2.05, 4.69) is 35.9 Å². The van der Waals surface area contributed by atoms with Gasteiger partial charge in [-0.1, -0.05) is 24.8 Å². The van der Waals surface area contributed by atoms with Crippen LogP contribution in [-0.4, -0.2) is 44.6 Å². The number of fused-ring (bicyclic) bond motifs is 1. The zero-order valence-corrected chi connectivity index (χ0v) is 16.6. The molecule has 0 spiro atoms. The van der Waals surface area contributed by atoms with E-state index >= 15 is 0 Å². The number of hydrogen-bond donors (Lipinski definition) is 1. The van der Waals surface area contributed by atoms with Crippen molar-refractivity contribution in [1.29, 1.82) is 0 Å². The molecular weight excluding hydrogens is 356 g/mol. The maximum absolute atomic E-state index is 12.6. The van der Waals surface area contributed by atoms with E-state index in [9.17, 15) is 4.79 Å². The lowest BCUT2D eigenvalue weighted by atomic mass is 10.0. The van der Waals surface area contributed by atoms with Gasteiger partial charge in [-0.05, 0) is 55.5 Å². The summed E-state index contributed by atoms with van der Waals surface area (Å²) >= 11 is 1.50. The van der Waals surface area contributed by atoms with Crippen LogP contribution in [0.4, 0.5) is 0 Å². The van der Waals surface area contributed by atoms with Gasteiger partial charge in [-0.25, -0.2) is 9.97 Å². The number of thioether (sulfide) groups is 1. The lowest BCUT2D eigenvalue weighted by Gasteiger charge is -2.30. The molecule has 0 saturated carbocycles. The van der Waals surface area contributed by atoms with Crippen LogP contribution in [0.5, 0.6) is 0 Å². The van der Waals surface area contributed by atoms with Crippen molar-refractivity contribution in [2.45, 2.75) is 31.7 Å². The van der Waals surface area contributed by atoms with E-state index in [4.69, 9.17) is 4.98 Å². The number of benzene rings is 1. The van der Waals surface area contributed by atoms with Crippen LogP contribution in [0.15, 0.2) is 41.6 Å². The molecule has 1 aliphatic heterocycles. The molecule has 4 rings (SSSR count). The summed E-state index contributed by atoms with van der Waals surface area (Å²) in [5, 5.41) is 0.840. The van der Waals surface area contributed by atoms with Gasteiger partial charge in [0.25, 0.3) is 0 Å². The fourth-order valence-electron chi connectivity index (χ4n) is 3.57. The van der Waals surface area contributed by atoms with E-state index in [-0.39, 0.29) is 5.91 Å². The van der Waals surface area contributed by atoms with Gasteiger partial charge in [0, 0.05) is 24.8 Å². The molecule has 0 radical (unpaired) electrons. The molecule has 1 saturated heterocycles. The lowest BCUT2D eigenvalue weighted by molar-refractivity contribution is -0.130. The molecule has 3 aromatic rings. The second-order valence-electron chi connectivity index (χ2n) is 7.34. The summed E-state index contributed by atoms with van der Waals surface area (Å²) < 4.78 is 0. The maximum Gasteiger partial charge on any atom is 0.232 e. The maximum atomic E-state index is 12.6. The first kappa shape index (κ1) is 18.0. The number of amides is 1. The Morgan fingerprint density at radius 2 is 2.26 bits per heavy atom. The molecule has 1 N–H and O–H groups in total. The third-order valence-electron chi connectivity index (χ3n) is 5.01. The first-order valence-electron chi connectivity index (χ1n) is 9.42. The minimum absolute atomic E-state index is 0.198. The first-order valence-corrected chi connectivity index (χ1v) is 10.4. The van der Waals surface area contributed by atoms with Crippen molar-refractivity contribution in [3.05, 3.63) is 42.1 Å². The van der Waals surface area contributed by atoms with Crippen LogP contribution in [0.1, 0.15) is 25.3 Å². The molecular formula is C21H24N4OS. The summed E-state index contributed by atoms with van der Waals surface area (Å²) in [5.41, 5.74) is 4.09. The topological polar surface area (TPSA) is 61.9 Å². The second kappa shape index (κ2) is 7.72. The number of aromatic nitrogens is 3. The number of carbonyl (C=O) groups excluding carboxylic acids is 1.